The molecule has 1 aromatic heterocycles. The summed E-state index contributed by atoms with van der Waals surface area (Å²) in [5.74, 6) is 1.66. The molecule has 30 heavy (non-hydrogen) atoms. The van der Waals surface area contributed by atoms with E-state index < -0.39 is 0 Å². The summed E-state index contributed by atoms with van der Waals surface area (Å²) in [6.45, 7) is 7.38. The van der Waals surface area contributed by atoms with Gasteiger partial charge in [0.1, 0.15) is 5.69 Å². The molecule has 0 saturated carbocycles. The third-order valence-corrected chi connectivity index (χ3v) is 5.28. The van der Waals surface area contributed by atoms with Crippen molar-refractivity contribution in [2.75, 3.05) is 20.3 Å². The first-order valence-corrected chi connectivity index (χ1v) is 10.3. The molecular weight excluding hydrogens is 378 g/mol. The van der Waals surface area contributed by atoms with E-state index in [2.05, 4.69) is 24.0 Å². The number of nitrogens with one attached hydrogen (secondary N) is 1. The standard InChI is InChI=1S/C24H27N3O3/c1-5-30-18-12-11-17(13-19(18)29-4)23-20-21(16-9-7-6-8-10-16)25-26-22(20)24(28)27(23)14-15(2)3/h6-13,15,23H,5,14H2,1-4H3,(H,25,26). The summed E-state index contributed by atoms with van der Waals surface area (Å²) in [7, 11) is 1.63. The minimum Gasteiger partial charge on any atom is -0.493 e. The number of aromatic nitrogens is 2. The number of H-pyrrole nitrogens is 1. The van der Waals surface area contributed by atoms with Gasteiger partial charge < -0.3 is 14.4 Å². The number of nitrogens with zero attached hydrogens (tertiary/aromatic N) is 2. The molecule has 6 nitrogen and oxygen atoms in total. The van der Waals surface area contributed by atoms with E-state index in [1.807, 2.05) is 60.4 Å². The van der Waals surface area contributed by atoms with Crippen LogP contribution in [0.5, 0.6) is 11.5 Å². The molecule has 1 atom stereocenters. The minimum absolute atomic E-state index is 0.0220. The van der Waals surface area contributed by atoms with E-state index in [-0.39, 0.29) is 11.9 Å². The number of amides is 1. The molecule has 1 aliphatic rings. The molecular formula is C24H27N3O3. The number of hydrogen-bond acceptors (Lipinski definition) is 4. The number of hydrogen-bond donors (Lipinski definition) is 1. The molecule has 0 radical (unpaired) electrons. The molecule has 0 spiro atoms. The summed E-state index contributed by atoms with van der Waals surface area (Å²) in [5, 5.41) is 7.51. The van der Waals surface area contributed by atoms with E-state index >= 15 is 0 Å². The van der Waals surface area contributed by atoms with E-state index in [1.165, 1.54) is 0 Å². The average Bonchev–Trinajstić information content (AvgIpc) is 3.28. The number of methoxy groups -OCH3 is 1. The van der Waals surface area contributed by atoms with E-state index in [4.69, 9.17) is 9.47 Å². The number of fused-ring (bicyclic) bond motifs is 1. The molecule has 1 amide bonds. The normalized spacial score (nSPS) is 15.6. The Labute approximate surface area is 176 Å². The summed E-state index contributed by atoms with van der Waals surface area (Å²) < 4.78 is 11.3. The zero-order chi connectivity index (χ0) is 21.3. The maximum Gasteiger partial charge on any atom is 0.273 e. The van der Waals surface area contributed by atoms with Crippen LogP contribution in [-0.4, -0.2) is 41.3 Å². The maximum atomic E-state index is 13.3. The minimum atomic E-state index is -0.242. The van der Waals surface area contributed by atoms with Crippen molar-refractivity contribution in [1.29, 1.82) is 0 Å². The molecule has 0 saturated heterocycles. The summed E-state index contributed by atoms with van der Waals surface area (Å²) in [5.41, 5.74) is 4.24. The lowest BCUT2D eigenvalue weighted by Gasteiger charge is -2.28. The fourth-order valence-electron chi connectivity index (χ4n) is 4.07. The van der Waals surface area contributed by atoms with Gasteiger partial charge in [-0.2, -0.15) is 5.10 Å². The molecule has 1 aliphatic heterocycles. The molecule has 1 unspecified atom stereocenters. The van der Waals surface area contributed by atoms with E-state index in [0.717, 1.165) is 22.4 Å². The van der Waals surface area contributed by atoms with Crippen LogP contribution in [0, 0.1) is 5.92 Å². The van der Waals surface area contributed by atoms with Gasteiger partial charge in [0.2, 0.25) is 0 Å². The van der Waals surface area contributed by atoms with Gasteiger partial charge in [-0.05, 0) is 30.5 Å². The van der Waals surface area contributed by atoms with Gasteiger partial charge >= 0.3 is 0 Å². The van der Waals surface area contributed by atoms with Crippen molar-refractivity contribution in [2.45, 2.75) is 26.8 Å². The SMILES string of the molecule is CCOc1ccc(C2c3c(-c4ccccc4)n[nH]c3C(=O)N2CC(C)C)cc1OC. The van der Waals surface area contributed by atoms with Crippen molar-refractivity contribution in [3.8, 4) is 22.8 Å². The molecule has 4 rings (SSSR count). The predicted molar refractivity (Wildman–Crippen MR) is 116 cm³/mol. The van der Waals surface area contributed by atoms with Crippen LogP contribution < -0.4 is 9.47 Å². The smallest absolute Gasteiger partial charge is 0.273 e. The van der Waals surface area contributed by atoms with Gasteiger partial charge in [0.15, 0.2) is 11.5 Å². The third-order valence-electron chi connectivity index (χ3n) is 5.28. The van der Waals surface area contributed by atoms with Crippen molar-refractivity contribution in [3.63, 3.8) is 0 Å². The van der Waals surface area contributed by atoms with Crippen LogP contribution in [0.15, 0.2) is 48.5 Å². The summed E-state index contributed by atoms with van der Waals surface area (Å²) >= 11 is 0. The van der Waals surface area contributed by atoms with Gasteiger partial charge in [-0.15, -0.1) is 0 Å². The lowest BCUT2D eigenvalue weighted by atomic mass is 9.95. The maximum absolute atomic E-state index is 13.3. The van der Waals surface area contributed by atoms with Crippen LogP contribution in [0.2, 0.25) is 0 Å². The Bertz CT molecular complexity index is 1040. The van der Waals surface area contributed by atoms with Gasteiger partial charge in [-0.3, -0.25) is 9.89 Å². The van der Waals surface area contributed by atoms with Gasteiger partial charge in [-0.25, -0.2) is 0 Å². The van der Waals surface area contributed by atoms with Crippen molar-refractivity contribution in [1.82, 2.24) is 15.1 Å². The van der Waals surface area contributed by atoms with Crippen LogP contribution in [0.4, 0.5) is 0 Å². The Balaban J connectivity index is 1.87. The van der Waals surface area contributed by atoms with Crippen LogP contribution in [0.1, 0.15) is 48.4 Å². The summed E-state index contributed by atoms with van der Waals surface area (Å²) in [4.78, 5) is 15.2. The number of benzene rings is 2. The quantitative estimate of drug-likeness (QED) is 0.619. The molecule has 0 aliphatic carbocycles. The number of ether oxygens (including phenoxy) is 2. The highest BCUT2D eigenvalue weighted by atomic mass is 16.5. The number of carbonyl (C=O) groups excluding carboxylic acids is 1. The van der Waals surface area contributed by atoms with Gasteiger partial charge in [0.25, 0.3) is 5.91 Å². The topological polar surface area (TPSA) is 67.5 Å². The monoisotopic (exact) mass is 405 g/mol. The first kappa shape index (κ1) is 20.0. The highest BCUT2D eigenvalue weighted by Gasteiger charge is 2.42. The molecule has 3 aromatic rings. The van der Waals surface area contributed by atoms with Crippen LogP contribution >= 0.6 is 0 Å². The van der Waals surface area contributed by atoms with Crippen molar-refractivity contribution < 1.29 is 14.3 Å². The summed E-state index contributed by atoms with van der Waals surface area (Å²) in [6.07, 6.45) is 0. The van der Waals surface area contributed by atoms with Crippen molar-refractivity contribution >= 4 is 5.91 Å². The lowest BCUT2D eigenvalue weighted by molar-refractivity contribution is 0.0722. The predicted octanol–water partition coefficient (Wildman–Crippen LogP) is 4.69. The first-order chi connectivity index (χ1) is 14.5. The Hall–Kier alpha value is -3.28. The molecule has 2 heterocycles. The lowest BCUT2D eigenvalue weighted by Crippen LogP contribution is -2.32. The molecule has 156 valence electrons. The van der Waals surface area contributed by atoms with Gasteiger partial charge in [0, 0.05) is 17.7 Å². The van der Waals surface area contributed by atoms with Gasteiger partial charge in [0.05, 0.1) is 25.5 Å². The third kappa shape index (κ3) is 3.43. The number of carbonyl (C=O) groups is 1. The average molecular weight is 405 g/mol. The van der Waals surface area contributed by atoms with E-state index in [0.29, 0.717) is 36.3 Å². The van der Waals surface area contributed by atoms with E-state index in [9.17, 15) is 4.79 Å². The molecule has 0 fully saturated rings. The Morgan fingerprint density at radius 3 is 2.57 bits per heavy atom. The Morgan fingerprint density at radius 2 is 1.90 bits per heavy atom. The van der Waals surface area contributed by atoms with Crippen LogP contribution in [0.25, 0.3) is 11.3 Å². The van der Waals surface area contributed by atoms with Crippen LogP contribution in [0.3, 0.4) is 0 Å². The molecule has 1 N–H and O–H groups in total. The Morgan fingerprint density at radius 1 is 1.13 bits per heavy atom. The van der Waals surface area contributed by atoms with Crippen LogP contribution in [-0.2, 0) is 0 Å². The second-order valence-corrected chi connectivity index (χ2v) is 7.82. The Kier molecular flexibility index (Phi) is 5.48. The fourth-order valence-corrected chi connectivity index (χ4v) is 4.07. The van der Waals surface area contributed by atoms with E-state index in [1.54, 1.807) is 7.11 Å². The summed E-state index contributed by atoms with van der Waals surface area (Å²) in [6, 6.07) is 15.6. The largest absolute Gasteiger partial charge is 0.493 e. The highest BCUT2D eigenvalue weighted by Crippen LogP contribution is 2.44. The highest BCUT2D eigenvalue weighted by molar-refractivity contribution is 6.00. The molecule has 6 heteroatoms. The number of rotatable bonds is 7. The molecule has 2 aromatic carbocycles. The molecule has 0 bridgehead atoms. The fraction of sp³-hybridized carbons (Fsp3) is 0.333. The van der Waals surface area contributed by atoms with Crippen molar-refractivity contribution in [3.05, 3.63) is 65.4 Å². The van der Waals surface area contributed by atoms with Gasteiger partial charge in [-0.1, -0.05) is 50.2 Å². The second kappa shape index (κ2) is 8.22. The zero-order valence-electron chi connectivity index (χ0n) is 17.8. The second-order valence-electron chi connectivity index (χ2n) is 7.82. The first-order valence-electron chi connectivity index (χ1n) is 10.3. The zero-order valence-corrected chi connectivity index (χ0v) is 17.8. The number of aromatic amines is 1. The van der Waals surface area contributed by atoms with Crippen molar-refractivity contribution in [2.24, 2.45) is 5.92 Å².